The molecule has 2 heterocycles. The molecule has 1 aliphatic heterocycles. The highest BCUT2D eigenvalue weighted by Gasteiger charge is 2.24. The van der Waals surface area contributed by atoms with E-state index in [1.807, 2.05) is 24.3 Å². The molecule has 0 radical (unpaired) electrons. The quantitative estimate of drug-likeness (QED) is 0.849. The zero-order chi connectivity index (χ0) is 13.2. The van der Waals surface area contributed by atoms with E-state index < -0.39 is 0 Å². The summed E-state index contributed by atoms with van der Waals surface area (Å²) in [5.41, 5.74) is 6.51. The van der Waals surface area contributed by atoms with Gasteiger partial charge in [-0.05, 0) is 12.1 Å². The van der Waals surface area contributed by atoms with E-state index >= 15 is 0 Å². The van der Waals surface area contributed by atoms with Crippen molar-refractivity contribution in [2.24, 2.45) is 0 Å². The largest absolute Gasteiger partial charge is 0.491 e. The number of carbonyl (C=O) groups is 1. The molecule has 0 fully saturated rings. The van der Waals surface area contributed by atoms with Crippen molar-refractivity contribution in [2.45, 2.75) is 12.6 Å². The molecule has 19 heavy (non-hydrogen) atoms. The van der Waals surface area contributed by atoms with E-state index in [0.717, 1.165) is 11.3 Å². The van der Waals surface area contributed by atoms with Crippen LogP contribution in [0.1, 0.15) is 11.6 Å². The molecule has 6 nitrogen and oxygen atoms in total. The summed E-state index contributed by atoms with van der Waals surface area (Å²) in [7, 11) is 0. The number of ether oxygens (including phenoxy) is 1. The Morgan fingerprint density at radius 3 is 3.11 bits per heavy atom. The molecule has 3 rings (SSSR count). The molecule has 6 heteroatoms. The molecule has 1 amide bonds. The molecule has 0 saturated carbocycles. The van der Waals surface area contributed by atoms with E-state index in [1.54, 1.807) is 12.3 Å². The highest BCUT2D eigenvalue weighted by molar-refractivity contribution is 5.76. The predicted octanol–water partition coefficient (Wildman–Crippen LogP) is 0.715. The third kappa shape index (κ3) is 2.37. The minimum absolute atomic E-state index is 0.100. The number of rotatable bonds is 3. The van der Waals surface area contributed by atoms with Crippen LogP contribution < -0.4 is 15.8 Å². The summed E-state index contributed by atoms with van der Waals surface area (Å²) < 4.78 is 7.02. The highest BCUT2D eigenvalue weighted by Crippen LogP contribution is 2.31. The van der Waals surface area contributed by atoms with Crippen molar-refractivity contribution >= 4 is 11.7 Å². The second-order valence-electron chi connectivity index (χ2n) is 4.41. The molecular weight excluding hydrogens is 244 g/mol. The van der Waals surface area contributed by atoms with Crippen LogP contribution in [-0.2, 0) is 11.3 Å². The summed E-state index contributed by atoms with van der Waals surface area (Å²) >= 11 is 0. The summed E-state index contributed by atoms with van der Waals surface area (Å²) in [6.07, 6.45) is 1.67. The number of nitrogens with one attached hydrogen (secondary N) is 1. The topological polar surface area (TPSA) is 82.2 Å². The van der Waals surface area contributed by atoms with Crippen LogP contribution in [0, 0.1) is 0 Å². The first kappa shape index (κ1) is 11.6. The van der Waals surface area contributed by atoms with Gasteiger partial charge in [0, 0.05) is 11.8 Å². The molecule has 98 valence electrons. The number of hydrogen-bond acceptors (Lipinski definition) is 4. The first-order valence-electron chi connectivity index (χ1n) is 6.02. The number of nitrogen functional groups attached to an aromatic ring is 1. The lowest BCUT2D eigenvalue weighted by molar-refractivity contribution is -0.122. The fourth-order valence-corrected chi connectivity index (χ4v) is 2.13. The molecule has 3 N–H and O–H groups in total. The SMILES string of the molecule is Nc1ccn(CC(=O)NC2COc3ccccc32)n1. The Morgan fingerprint density at radius 2 is 2.32 bits per heavy atom. The van der Waals surface area contributed by atoms with Gasteiger partial charge in [-0.3, -0.25) is 9.48 Å². The van der Waals surface area contributed by atoms with E-state index in [1.165, 1.54) is 4.68 Å². The molecule has 0 aliphatic carbocycles. The van der Waals surface area contributed by atoms with Gasteiger partial charge in [-0.1, -0.05) is 18.2 Å². The van der Waals surface area contributed by atoms with Gasteiger partial charge in [-0.2, -0.15) is 5.10 Å². The lowest BCUT2D eigenvalue weighted by atomic mass is 10.1. The van der Waals surface area contributed by atoms with Crippen molar-refractivity contribution in [3.8, 4) is 5.75 Å². The molecule has 2 aromatic rings. The Bertz CT molecular complexity index is 608. The predicted molar refractivity (Wildman–Crippen MR) is 69.5 cm³/mol. The molecule has 1 atom stereocenters. The van der Waals surface area contributed by atoms with Crippen LogP contribution in [-0.4, -0.2) is 22.3 Å². The number of benzene rings is 1. The van der Waals surface area contributed by atoms with Crippen molar-refractivity contribution in [3.63, 3.8) is 0 Å². The number of anilines is 1. The summed E-state index contributed by atoms with van der Waals surface area (Å²) in [5.74, 6) is 1.12. The third-order valence-electron chi connectivity index (χ3n) is 3.00. The molecule has 1 aromatic carbocycles. The van der Waals surface area contributed by atoms with E-state index in [9.17, 15) is 4.79 Å². The lowest BCUT2D eigenvalue weighted by Crippen LogP contribution is -2.32. The minimum atomic E-state index is -0.117. The first-order chi connectivity index (χ1) is 9.22. The van der Waals surface area contributed by atoms with E-state index in [2.05, 4.69) is 10.4 Å². The van der Waals surface area contributed by atoms with Gasteiger partial charge >= 0.3 is 0 Å². The Labute approximate surface area is 110 Å². The van der Waals surface area contributed by atoms with E-state index in [-0.39, 0.29) is 18.5 Å². The van der Waals surface area contributed by atoms with Gasteiger partial charge < -0.3 is 15.8 Å². The second-order valence-corrected chi connectivity index (χ2v) is 4.41. The van der Waals surface area contributed by atoms with Gasteiger partial charge in [0.25, 0.3) is 0 Å². The smallest absolute Gasteiger partial charge is 0.242 e. The van der Waals surface area contributed by atoms with E-state index in [4.69, 9.17) is 10.5 Å². The molecule has 1 aromatic heterocycles. The van der Waals surface area contributed by atoms with Crippen molar-refractivity contribution in [3.05, 3.63) is 42.1 Å². The van der Waals surface area contributed by atoms with Crippen molar-refractivity contribution in [2.75, 3.05) is 12.3 Å². The van der Waals surface area contributed by atoms with Gasteiger partial charge in [-0.25, -0.2) is 0 Å². The van der Waals surface area contributed by atoms with Crippen LogP contribution in [0.5, 0.6) is 5.75 Å². The van der Waals surface area contributed by atoms with Crippen molar-refractivity contribution < 1.29 is 9.53 Å². The third-order valence-corrected chi connectivity index (χ3v) is 3.00. The van der Waals surface area contributed by atoms with Gasteiger partial charge in [-0.15, -0.1) is 0 Å². The zero-order valence-electron chi connectivity index (χ0n) is 10.2. The average Bonchev–Trinajstić information content (AvgIpc) is 2.97. The molecular formula is C13H14N4O2. The standard InChI is InChI=1S/C13H14N4O2/c14-12-5-6-17(16-12)7-13(18)15-10-8-19-11-4-2-1-3-9(10)11/h1-6,10H,7-8H2,(H2,14,16)(H,15,18). The van der Waals surface area contributed by atoms with E-state index in [0.29, 0.717) is 12.4 Å². The number of fused-ring (bicyclic) bond motifs is 1. The van der Waals surface area contributed by atoms with Crippen LogP contribution in [0.3, 0.4) is 0 Å². The van der Waals surface area contributed by atoms with Crippen LogP contribution in [0.15, 0.2) is 36.5 Å². The monoisotopic (exact) mass is 258 g/mol. The Morgan fingerprint density at radius 1 is 1.47 bits per heavy atom. The second kappa shape index (κ2) is 4.64. The maximum absolute atomic E-state index is 11.9. The molecule has 1 unspecified atom stereocenters. The average molecular weight is 258 g/mol. The molecule has 0 bridgehead atoms. The molecule has 0 spiro atoms. The minimum Gasteiger partial charge on any atom is -0.491 e. The number of hydrogen-bond donors (Lipinski definition) is 2. The summed E-state index contributed by atoms with van der Waals surface area (Å²) in [6, 6.07) is 9.25. The molecule has 0 saturated heterocycles. The normalized spacial score (nSPS) is 16.7. The first-order valence-corrected chi connectivity index (χ1v) is 6.02. The number of para-hydroxylation sites is 1. The summed E-state index contributed by atoms with van der Waals surface area (Å²) in [4.78, 5) is 11.9. The fourth-order valence-electron chi connectivity index (χ4n) is 2.13. The van der Waals surface area contributed by atoms with Crippen LogP contribution >= 0.6 is 0 Å². The van der Waals surface area contributed by atoms with Gasteiger partial charge in [0.15, 0.2) is 0 Å². The Kier molecular flexibility index (Phi) is 2.83. The maximum Gasteiger partial charge on any atom is 0.242 e. The van der Waals surface area contributed by atoms with Gasteiger partial charge in [0.05, 0.1) is 6.04 Å². The summed E-state index contributed by atoms with van der Waals surface area (Å²) in [5, 5.41) is 6.90. The number of amides is 1. The maximum atomic E-state index is 11.9. The summed E-state index contributed by atoms with van der Waals surface area (Å²) in [6.45, 7) is 0.613. The highest BCUT2D eigenvalue weighted by atomic mass is 16.5. The number of aromatic nitrogens is 2. The van der Waals surface area contributed by atoms with Crippen molar-refractivity contribution in [1.82, 2.24) is 15.1 Å². The zero-order valence-corrected chi connectivity index (χ0v) is 10.2. The van der Waals surface area contributed by atoms with Crippen molar-refractivity contribution in [1.29, 1.82) is 0 Å². The molecule has 1 aliphatic rings. The van der Waals surface area contributed by atoms with Crippen LogP contribution in [0.25, 0.3) is 0 Å². The van der Waals surface area contributed by atoms with Gasteiger partial charge in [0.2, 0.25) is 5.91 Å². The lowest BCUT2D eigenvalue weighted by Gasteiger charge is -2.11. The number of nitrogens with zero attached hydrogens (tertiary/aromatic N) is 2. The van der Waals surface area contributed by atoms with Crippen LogP contribution in [0.2, 0.25) is 0 Å². The fraction of sp³-hybridized carbons (Fsp3) is 0.231. The Balaban J connectivity index is 1.65. The number of carbonyl (C=O) groups excluding carboxylic acids is 1. The Hall–Kier alpha value is -2.50. The van der Waals surface area contributed by atoms with Gasteiger partial charge in [0.1, 0.15) is 24.7 Å². The van der Waals surface area contributed by atoms with Crippen LogP contribution in [0.4, 0.5) is 5.82 Å². The number of nitrogens with two attached hydrogens (primary N) is 1.